The Morgan fingerprint density at radius 3 is 2.38 bits per heavy atom. The first-order valence-corrected chi connectivity index (χ1v) is 13.6. The number of carboxylic acid groups (broad SMARTS) is 1. The van der Waals surface area contributed by atoms with E-state index in [0.29, 0.717) is 19.2 Å². The highest BCUT2D eigenvalue weighted by Crippen LogP contribution is 2.30. The van der Waals surface area contributed by atoms with Crippen LogP contribution in [-0.2, 0) is 24.3 Å². The Morgan fingerprint density at radius 1 is 0.933 bits per heavy atom. The third-order valence-electron chi connectivity index (χ3n) is 7.46. The van der Waals surface area contributed by atoms with Gasteiger partial charge in [0.15, 0.2) is 11.6 Å². The fourth-order valence-corrected chi connectivity index (χ4v) is 4.95. The molecule has 1 aliphatic rings. The Labute approximate surface area is 250 Å². The quantitative estimate of drug-likeness (QED) is 0.192. The maximum atomic E-state index is 15.4. The molecule has 0 unspecified atom stereocenters. The van der Waals surface area contributed by atoms with Crippen molar-refractivity contribution in [3.63, 3.8) is 0 Å². The lowest BCUT2D eigenvalue weighted by Gasteiger charge is -2.27. The molecule has 3 aromatic carbocycles. The maximum Gasteiger partial charge on any atom is 0.335 e. The summed E-state index contributed by atoms with van der Waals surface area (Å²) in [6, 6.07) is 5.02. The van der Waals surface area contributed by atoms with E-state index in [1.54, 1.807) is 0 Å². The molecule has 0 saturated carbocycles. The van der Waals surface area contributed by atoms with Crippen molar-refractivity contribution in [1.82, 2.24) is 19.5 Å². The monoisotopic (exact) mass is 628 g/mol. The van der Waals surface area contributed by atoms with Crippen LogP contribution in [0.3, 0.4) is 0 Å². The van der Waals surface area contributed by atoms with Crippen molar-refractivity contribution in [2.24, 2.45) is 0 Å². The summed E-state index contributed by atoms with van der Waals surface area (Å²) in [6.07, 6.45) is 0.761. The van der Waals surface area contributed by atoms with Crippen LogP contribution in [0.1, 0.15) is 39.3 Å². The number of rotatable bonds is 9. The van der Waals surface area contributed by atoms with E-state index in [-0.39, 0.29) is 58.2 Å². The van der Waals surface area contributed by atoms with E-state index >= 15 is 8.78 Å². The first-order valence-electron chi connectivity index (χ1n) is 13.6. The SMILES string of the molecule is Cc1cc(F)c(COc2ncc(F)c(-c3cc(F)c(Cc4nc5c(F)cc(C(=O)O)cc5n4C[C@@H]4CCO4)cc3F)n2)cc1F. The number of fused-ring (bicyclic) bond motifs is 1. The second-order valence-electron chi connectivity index (χ2n) is 10.5. The summed E-state index contributed by atoms with van der Waals surface area (Å²) in [6.45, 7) is 1.54. The molecule has 1 aliphatic heterocycles. The van der Waals surface area contributed by atoms with E-state index in [1.807, 2.05) is 0 Å². The van der Waals surface area contributed by atoms with Crippen LogP contribution in [-0.4, -0.2) is 43.3 Å². The Kier molecular flexibility index (Phi) is 7.91. The molecule has 0 radical (unpaired) electrons. The molecule has 2 aromatic heterocycles. The second-order valence-corrected chi connectivity index (χ2v) is 10.5. The van der Waals surface area contributed by atoms with Crippen molar-refractivity contribution in [1.29, 1.82) is 0 Å². The van der Waals surface area contributed by atoms with Crippen molar-refractivity contribution in [3.05, 3.63) is 106 Å². The molecule has 0 bridgehead atoms. The summed E-state index contributed by atoms with van der Waals surface area (Å²) in [5, 5.41) is 9.39. The Morgan fingerprint density at radius 2 is 1.67 bits per heavy atom. The van der Waals surface area contributed by atoms with E-state index in [2.05, 4.69) is 15.0 Å². The van der Waals surface area contributed by atoms with Crippen molar-refractivity contribution >= 4 is 17.0 Å². The fourth-order valence-electron chi connectivity index (χ4n) is 4.95. The van der Waals surface area contributed by atoms with Gasteiger partial charge in [-0.3, -0.25) is 0 Å². The standard InChI is InChI=1S/C31H22F6N4O4/c1-14-4-21(33)17(7-20(14)32)13-45-31-38-11-25(37)28(40-31)19-10-22(34)15(5-23(19)35)9-27-39-29-24(36)6-16(30(42)43)8-26(29)41(27)12-18-2-3-44-18/h4-8,10-11,18H,2-3,9,12-13H2,1H3,(H,42,43)/t18-/m0/s1. The van der Waals surface area contributed by atoms with Crippen LogP contribution >= 0.6 is 0 Å². The predicted molar refractivity (Wildman–Crippen MR) is 147 cm³/mol. The van der Waals surface area contributed by atoms with Gasteiger partial charge in [0.1, 0.15) is 46.9 Å². The van der Waals surface area contributed by atoms with Crippen LogP contribution in [0.4, 0.5) is 26.3 Å². The predicted octanol–water partition coefficient (Wildman–Crippen LogP) is 6.29. The molecule has 5 aromatic rings. The van der Waals surface area contributed by atoms with Gasteiger partial charge >= 0.3 is 12.0 Å². The summed E-state index contributed by atoms with van der Waals surface area (Å²) in [7, 11) is 0. The van der Waals surface area contributed by atoms with E-state index in [0.717, 1.165) is 30.3 Å². The van der Waals surface area contributed by atoms with Crippen LogP contribution in [0.2, 0.25) is 0 Å². The van der Waals surface area contributed by atoms with E-state index in [1.165, 1.54) is 17.6 Å². The van der Waals surface area contributed by atoms with Crippen molar-refractivity contribution in [2.75, 3.05) is 6.61 Å². The molecular weight excluding hydrogens is 606 g/mol. The zero-order valence-electron chi connectivity index (χ0n) is 23.4. The third-order valence-corrected chi connectivity index (χ3v) is 7.46. The maximum absolute atomic E-state index is 15.4. The number of imidazole rings is 1. The largest absolute Gasteiger partial charge is 0.478 e. The molecule has 1 saturated heterocycles. The summed E-state index contributed by atoms with van der Waals surface area (Å²) < 4.78 is 101. The number of aryl methyl sites for hydroxylation is 1. The summed E-state index contributed by atoms with van der Waals surface area (Å²) in [5.74, 6) is -6.68. The molecule has 232 valence electrons. The molecule has 0 aliphatic carbocycles. The Bertz CT molecular complexity index is 1980. The minimum Gasteiger partial charge on any atom is -0.478 e. The van der Waals surface area contributed by atoms with E-state index < -0.39 is 64.7 Å². The lowest BCUT2D eigenvalue weighted by Crippen LogP contribution is -2.31. The van der Waals surface area contributed by atoms with Gasteiger partial charge in [0, 0.05) is 24.2 Å². The number of benzene rings is 3. The normalized spacial score (nSPS) is 14.5. The van der Waals surface area contributed by atoms with Crippen LogP contribution in [0.15, 0.2) is 42.6 Å². The second kappa shape index (κ2) is 11.8. The molecule has 3 heterocycles. The molecule has 14 heteroatoms. The van der Waals surface area contributed by atoms with Crippen LogP contribution in [0.25, 0.3) is 22.3 Å². The van der Waals surface area contributed by atoms with Gasteiger partial charge in [-0.2, -0.15) is 4.98 Å². The van der Waals surface area contributed by atoms with Crippen molar-refractivity contribution < 1.29 is 45.7 Å². The van der Waals surface area contributed by atoms with Crippen molar-refractivity contribution in [2.45, 2.75) is 39.0 Å². The van der Waals surface area contributed by atoms with Gasteiger partial charge in [-0.05, 0) is 60.9 Å². The molecule has 1 N–H and O–H groups in total. The van der Waals surface area contributed by atoms with Crippen LogP contribution < -0.4 is 4.74 Å². The van der Waals surface area contributed by atoms with Gasteiger partial charge in [-0.25, -0.2) is 41.1 Å². The number of aromatic nitrogens is 4. The number of aromatic carboxylic acids is 1. The molecule has 45 heavy (non-hydrogen) atoms. The molecule has 8 nitrogen and oxygen atoms in total. The molecule has 0 spiro atoms. The molecular formula is C31H22F6N4O4. The average molecular weight is 629 g/mol. The van der Waals surface area contributed by atoms with Gasteiger partial charge < -0.3 is 19.1 Å². The van der Waals surface area contributed by atoms with Gasteiger partial charge in [0.2, 0.25) is 0 Å². The van der Waals surface area contributed by atoms with Crippen LogP contribution in [0, 0.1) is 41.8 Å². The topological polar surface area (TPSA) is 99.4 Å². The number of hydrogen-bond donors (Lipinski definition) is 1. The number of carbonyl (C=O) groups is 1. The fraction of sp³-hybridized carbons (Fsp3) is 0.226. The lowest BCUT2D eigenvalue weighted by atomic mass is 10.0. The number of hydrogen-bond acceptors (Lipinski definition) is 6. The molecule has 1 atom stereocenters. The minimum absolute atomic E-state index is 0.0848. The lowest BCUT2D eigenvalue weighted by molar-refractivity contribution is -0.0589. The van der Waals surface area contributed by atoms with Gasteiger partial charge in [-0.1, -0.05) is 0 Å². The van der Waals surface area contributed by atoms with E-state index in [9.17, 15) is 27.5 Å². The highest BCUT2D eigenvalue weighted by molar-refractivity contribution is 5.92. The highest BCUT2D eigenvalue weighted by Gasteiger charge is 2.25. The van der Waals surface area contributed by atoms with Gasteiger partial charge in [0.05, 0.1) is 29.9 Å². The third kappa shape index (κ3) is 5.92. The number of nitrogens with zero attached hydrogens (tertiary/aromatic N) is 4. The smallest absolute Gasteiger partial charge is 0.335 e. The zero-order chi connectivity index (χ0) is 32.0. The molecule has 1 fully saturated rings. The van der Waals surface area contributed by atoms with E-state index in [4.69, 9.17) is 9.47 Å². The van der Waals surface area contributed by atoms with Gasteiger partial charge in [0.25, 0.3) is 0 Å². The molecule has 0 amide bonds. The highest BCUT2D eigenvalue weighted by atomic mass is 19.1. The summed E-state index contributed by atoms with van der Waals surface area (Å²) >= 11 is 0. The zero-order valence-corrected chi connectivity index (χ0v) is 23.4. The Hall–Kier alpha value is -4.98. The summed E-state index contributed by atoms with van der Waals surface area (Å²) in [5.41, 5.74) is -1.79. The number of ether oxygens (including phenoxy) is 2. The number of halogens is 6. The minimum atomic E-state index is -1.35. The first-order chi connectivity index (χ1) is 21.5. The van der Waals surface area contributed by atoms with Crippen LogP contribution in [0.5, 0.6) is 6.01 Å². The number of carboxylic acids is 1. The Balaban J connectivity index is 1.31. The molecule has 6 rings (SSSR count). The van der Waals surface area contributed by atoms with Gasteiger partial charge in [-0.15, -0.1) is 0 Å². The average Bonchev–Trinajstić information content (AvgIpc) is 3.31. The van der Waals surface area contributed by atoms with Crippen molar-refractivity contribution in [3.8, 4) is 17.3 Å². The summed E-state index contributed by atoms with van der Waals surface area (Å²) in [4.78, 5) is 23.2. The first kappa shape index (κ1) is 30.1.